The highest BCUT2D eigenvalue weighted by atomic mass is 32.1. The number of benzene rings is 2. The van der Waals surface area contributed by atoms with Crippen LogP contribution in [0, 0.1) is 4.77 Å². The van der Waals surface area contributed by atoms with Crippen LogP contribution in [-0.2, 0) is 0 Å². The first-order chi connectivity index (χ1) is 12.2. The summed E-state index contributed by atoms with van der Waals surface area (Å²) in [6, 6.07) is 14.9. The van der Waals surface area contributed by atoms with Crippen molar-refractivity contribution in [3.05, 3.63) is 69.2 Å². The second-order valence-corrected chi connectivity index (χ2v) is 5.51. The van der Waals surface area contributed by atoms with Gasteiger partial charge in [0.05, 0.1) is 12.3 Å². The van der Waals surface area contributed by atoms with E-state index in [9.17, 15) is 4.79 Å². The molecule has 0 aliphatic heterocycles. The van der Waals surface area contributed by atoms with Gasteiger partial charge in [0.15, 0.2) is 10.5 Å². The predicted octanol–water partition coefficient (Wildman–Crippen LogP) is 3.64. The Kier molecular flexibility index (Phi) is 5.15. The molecule has 6 nitrogen and oxygen atoms in total. The third-order valence-electron chi connectivity index (χ3n) is 3.43. The van der Waals surface area contributed by atoms with Gasteiger partial charge >= 0.3 is 0 Å². The van der Waals surface area contributed by atoms with E-state index in [2.05, 4.69) is 20.2 Å². The minimum absolute atomic E-state index is 0.181. The van der Waals surface area contributed by atoms with Crippen LogP contribution in [0.15, 0.2) is 58.3 Å². The van der Waals surface area contributed by atoms with Gasteiger partial charge in [0.2, 0.25) is 0 Å². The van der Waals surface area contributed by atoms with Crippen LogP contribution in [0.1, 0.15) is 12.5 Å². The largest absolute Gasteiger partial charge is 0.493 e. The van der Waals surface area contributed by atoms with Crippen LogP contribution >= 0.6 is 12.2 Å². The summed E-state index contributed by atoms with van der Waals surface area (Å²) >= 11 is 4.88. The first-order valence-corrected chi connectivity index (χ1v) is 8.14. The molecule has 0 atom stereocenters. The van der Waals surface area contributed by atoms with Gasteiger partial charge in [-0.25, -0.2) is 0 Å². The molecule has 0 saturated carbocycles. The Labute approximate surface area is 149 Å². The van der Waals surface area contributed by atoms with Crippen molar-refractivity contribution in [3.8, 4) is 17.0 Å². The number of hydrogen-bond acceptors (Lipinski definition) is 5. The number of nitrogens with one attached hydrogen (secondary N) is 2. The van der Waals surface area contributed by atoms with Gasteiger partial charge in [0.25, 0.3) is 5.56 Å². The van der Waals surface area contributed by atoms with E-state index in [4.69, 9.17) is 17.0 Å². The number of hydrogen-bond donors (Lipinski definition) is 2. The number of H-pyrrole nitrogens is 2. The summed E-state index contributed by atoms with van der Waals surface area (Å²) in [5.74, 6) is 0.756. The van der Waals surface area contributed by atoms with Crippen LogP contribution in [-0.4, -0.2) is 28.0 Å². The molecule has 1 heterocycles. The summed E-state index contributed by atoms with van der Waals surface area (Å²) < 4.78 is 5.78. The van der Waals surface area contributed by atoms with E-state index in [0.717, 1.165) is 11.3 Å². The Balaban J connectivity index is 2.02. The number of aromatic amines is 2. The molecule has 3 rings (SSSR count). The molecule has 0 amide bonds. The number of aromatic nitrogens is 3. The zero-order chi connectivity index (χ0) is 17.6. The lowest BCUT2D eigenvalue weighted by Crippen LogP contribution is -2.12. The second kappa shape index (κ2) is 7.67. The fourth-order valence-electron chi connectivity index (χ4n) is 2.33. The van der Waals surface area contributed by atoms with Gasteiger partial charge < -0.3 is 4.74 Å². The Morgan fingerprint density at radius 3 is 2.76 bits per heavy atom. The van der Waals surface area contributed by atoms with Gasteiger partial charge in [-0.3, -0.25) is 19.9 Å². The van der Waals surface area contributed by atoms with Crippen molar-refractivity contribution in [1.29, 1.82) is 0 Å². The molecule has 0 aliphatic carbocycles. The fourth-order valence-corrected chi connectivity index (χ4v) is 2.47. The van der Waals surface area contributed by atoms with E-state index in [-0.39, 0.29) is 16.0 Å². The van der Waals surface area contributed by atoms with E-state index in [1.807, 2.05) is 49.4 Å². The molecule has 1 aromatic heterocycles. The summed E-state index contributed by atoms with van der Waals surface area (Å²) in [5.41, 5.74) is 1.96. The van der Waals surface area contributed by atoms with Crippen molar-refractivity contribution in [2.24, 2.45) is 4.99 Å². The molecule has 0 unspecified atom stereocenters. The quantitative estimate of drug-likeness (QED) is 0.542. The summed E-state index contributed by atoms with van der Waals surface area (Å²) in [6.07, 6.45) is 1.71. The molecule has 0 bridgehead atoms. The summed E-state index contributed by atoms with van der Waals surface area (Å²) in [4.78, 5) is 19.2. The highest BCUT2D eigenvalue weighted by Crippen LogP contribution is 2.26. The van der Waals surface area contributed by atoms with Crippen LogP contribution in [0.25, 0.3) is 11.3 Å². The summed E-state index contributed by atoms with van der Waals surface area (Å²) in [5, 5.41) is 6.64. The number of rotatable bonds is 5. The topological polar surface area (TPSA) is 83.1 Å². The third-order valence-corrected chi connectivity index (χ3v) is 3.63. The molecule has 2 N–H and O–H groups in total. The number of ether oxygens (including phenoxy) is 1. The van der Waals surface area contributed by atoms with E-state index in [1.165, 1.54) is 0 Å². The van der Waals surface area contributed by atoms with Crippen LogP contribution in [0.2, 0.25) is 0 Å². The van der Waals surface area contributed by atoms with E-state index < -0.39 is 0 Å². The lowest BCUT2D eigenvalue weighted by molar-refractivity contribution is 0.340. The Bertz CT molecular complexity index is 1020. The molecule has 7 heteroatoms. The minimum atomic E-state index is -0.360. The van der Waals surface area contributed by atoms with Crippen molar-refractivity contribution in [2.45, 2.75) is 6.92 Å². The maximum absolute atomic E-state index is 12.1. The van der Waals surface area contributed by atoms with Gasteiger partial charge in [0.1, 0.15) is 5.75 Å². The van der Waals surface area contributed by atoms with Gasteiger partial charge in [0, 0.05) is 17.3 Å². The molecular weight excluding hydrogens is 336 g/mol. The molecular formula is C18H16N4O2S. The highest BCUT2D eigenvalue weighted by molar-refractivity contribution is 7.71. The second-order valence-electron chi connectivity index (χ2n) is 5.10. The Hall–Kier alpha value is -3.06. The predicted molar refractivity (Wildman–Crippen MR) is 100 cm³/mol. The summed E-state index contributed by atoms with van der Waals surface area (Å²) in [7, 11) is 0. The van der Waals surface area contributed by atoms with E-state index in [1.54, 1.807) is 12.3 Å². The van der Waals surface area contributed by atoms with Gasteiger partial charge in [-0.2, -0.15) is 5.10 Å². The Morgan fingerprint density at radius 2 is 1.96 bits per heavy atom. The van der Waals surface area contributed by atoms with E-state index in [0.29, 0.717) is 17.9 Å². The highest BCUT2D eigenvalue weighted by Gasteiger charge is 2.10. The molecule has 25 heavy (non-hydrogen) atoms. The smallest absolute Gasteiger partial charge is 0.278 e. The summed E-state index contributed by atoms with van der Waals surface area (Å²) in [6.45, 7) is 2.50. The lowest BCUT2D eigenvalue weighted by Gasteiger charge is -2.07. The van der Waals surface area contributed by atoms with Crippen LogP contribution in [0.5, 0.6) is 5.75 Å². The van der Waals surface area contributed by atoms with Crippen molar-refractivity contribution >= 4 is 24.1 Å². The standard InChI is InChI=1S/C18H16N4O2S/c1-2-24-15-10-6-3-7-12(15)11-19-14-9-5-4-8-13(14)16-17(23)20-18(25)22-21-16/h3-11H,2H2,1H3,(H2,20,22,23,25). The van der Waals surface area contributed by atoms with Crippen molar-refractivity contribution in [3.63, 3.8) is 0 Å². The fraction of sp³-hybridized carbons (Fsp3) is 0.111. The van der Waals surface area contributed by atoms with Gasteiger partial charge in [-0.15, -0.1) is 0 Å². The monoisotopic (exact) mass is 352 g/mol. The molecule has 0 fully saturated rings. The van der Waals surface area contributed by atoms with Gasteiger partial charge in [-0.1, -0.05) is 30.3 Å². The normalized spacial score (nSPS) is 10.9. The van der Waals surface area contributed by atoms with Crippen molar-refractivity contribution < 1.29 is 4.74 Å². The molecule has 0 spiro atoms. The molecule has 0 radical (unpaired) electrons. The lowest BCUT2D eigenvalue weighted by atomic mass is 10.1. The molecule has 3 aromatic rings. The van der Waals surface area contributed by atoms with Crippen molar-refractivity contribution in [2.75, 3.05) is 6.61 Å². The number of nitrogens with zero attached hydrogens (tertiary/aromatic N) is 2. The molecule has 0 saturated heterocycles. The number of para-hydroxylation sites is 2. The van der Waals surface area contributed by atoms with Gasteiger partial charge in [-0.05, 0) is 37.3 Å². The maximum Gasteiger partial charge on any atom is 0.278 e. The molecule has 0 aliphatic rings. The molecule has 126 valence electrons. The van der Waals surface area contributed by atoms with Crippen LogP contribution in [0.4, 0.5) is 5.69 Å². The first kappa shape index (κ1) is 16.8. The average molecular weight is 352 g/mol. The molecule has 2 aromatic carbocycles. The van der Waals surface area contributed by atoms with E-state index >= 15 is 0 Å². The zero-order valence-electron chi connectivity index (χ0n) is 13.5. The third kappa shape index (κ3) is 3.89. The maximum atomic E-state index is 12.1. The minimum Gasteiger partial charge on any atom is -0.493 e. The van der Waals surface area contributed by atoms with Crippen LogP contribution in [0.3, 0.4) is 0 Å². The Morgan fingerprint density at radius 1 is 1.20 bits per heavy atom. The number of aliphatic imine (C=N–C) groups is 1. The SMILES string of the molecule is CCOc1ccccc1C=Nc1ccccc1-c1n[nH]c(=S)[nH]c1=O. The zero-order valence-corrected chi connectivity index (χ0v) is 14.3. The van der Waals surface area contributed by atoms with Crippen LogP contribution < -0.4 is 10.3 Å². The average Bonchev–Trinajstić information content (AvgIpc) is 2.62. The first-order valence-electron chi connectivity index (χ1n) is 7.73. The van der Waals surface area contributed by atoms with Crippen molar-refractivity contribution in [1.82, 2.24) is 15.2 Å².